The zero-order valence-electron chi connectivity index (χ0n) is 18.8. The van der Waals surface area contributed by atoms with Crippen LogP contribution < -0.4 is 21.1 Å². The van der Waals surface area contributed by atoms with Crippen LogP contribution in [0.5, 0.6) is 0 Å². The molecule has 33 heavy (non-hydrogen) atoms. The van der Waals surface area contributed by atoms with E-state index in [0.717, 1.165) is 12.0 Å². The highest BCUT2D eigenvalue weighted by Gasteiger charge is 2.39. The van der Waals surface area contributed by atoms with Crippen LogP contribution in [-0.2, 0) is 26.0 Å². The molecule has 0 radical (unpaired) electrons. The first-order valence-corrected chi connectivity index (χ1v) is 12.5. The van der Waals surface area contributed by atoms with Crippen LogP contribution in [0.3, 0.4) is 0 Å². The highest BCUT2D eigenvalue weighted by molar-refractivity contribution is 7.89. The fourth-order valence-corrected chi connectivity index (χ4v) is 5.79. The highest BCUT2D eigenvalue weighted by atomic mass is 32.2. The van der Waals surface area contributed by atoms with Crippen LogP contribution in [0.2, 0.25) is 0 Å². The molecule has 1 aromatic carbocycles. The molecule has 0 aromatic heterocycles. The van der Waals surface area contributed by atoms with E-state index in [-0.39, 0.29) is 30.3 Å². The molecule has 1 fully saturated rings. The van der Waals surface area contributed by atoms with Gasteiger partial charge in [-0.1, -0.05) is 26.0 Å². The number of carboxylic acid groups (broad SMARTS) is 1. The summed E-state index contributed by atoms with van der Waals surface area (Å²) < 4.78 is 29.1. The molecular weight excluding hydrogens is 448 g/mol. The monoisotopic (exact) mass is 480 g/mol. The first-order valence-electron chi connectivity index (χ1n) is 11.0. The molecule has 3 rings (SSSR count). The average molecular weight is 481 g/mol. The fraction of sp³-hybridized carbons (Fsp3) is 0.571. The number of carboxylic acids is 1. The summed E-state index contributed by atoms with van der Waals surface area (Å²) in [5.74, 6) is -1.75. The number of hydrogen-bond donors (Lipinski definition) is 6. The van der Waals surface area contributed by atoms with E-state index in [4.69, 9.17) is 11.1 Å². The van der Waals surface area contributed by atoms with Gasteiger partial charge in [0.05, 0.1) is 5.69 Å². The van der Waals surface area contributed by atoms with E-state index in [1.807, 2.05) is 13.0 Å². The molecular formula is C21H32N6O5S. The third-order valence-corrected chi connectivity index (χ3v) is 7.64. The van der Waals surface area contributed by atoms with Gasteiger partial charge in [-0.05, 0) is 42.7 Å². The van der Waals surface area contributed by atoms with Crippen molar-refractivity contribution in [2.75, 3.05) is 25.0 Å². The first kappa shape index (κ1) is 24.8. The van der Waals surface area contributed by atoms with Gasteiger partial charge in [0.15, 0.2) is 5.96 Å². The Hall–Kier alpha value is -2.86. The van der Waals surface area contributed by atoms with Crippen molar-refractivity contribution < 1.29 is 23.1 Å². The number of hydrogen-bond acceptors (Lipinski definition) is 6. The lowest BCUT2D eigenvalue weighted by Crippen LogP contribution is -2.59. The van der Waals surface area contributed by atoms with Gasteiger partial charge in [-0.15, -0.1) is 0 Å². The van der Waals surface area contributed by atoms with Crippen molar-refractivity contribution in [3.05, 3.63) is 23.8 Å². The lowest BCUT2D eigenvalue weighted by molar-refractivity contribution is -0.153. The molecule has 4 atom stereocenters. The number of likely N-dealkylation sites (tertiary alicyclic amines) is 1. The number of carbonyl (C=O) groups excluding carboxylic acids is 1. The van der Waals surface area contributed by atoms with Crippen LogP contribution in [0.25, 0.3) is 0 Å². The molecule has 0 aliphatic carbocycles. The molecule has 4 unspecified atom stereocenters. The maximum atomic E-state index is 13.3. The normalized spacial score (nSPS) is 23.7. The standard InChI is InChI=1S/C21H32N6O5S/c1-12-6-7-27(16(9-12)20(29)30)19(28)15(11-25-21(22)23)26-33(31,32)17-5-3-4-14-8-13(2)10-24-18(14)17/h3-5,12-13,15-16,24,26H,6-11H2,1-2H3,(H,29,30)(H4,22,23,25). The van der Waals surface area contributed by atoms with Crippen molar-refractivity contribution in [3.63, 3.8) is 0 Å². The van der Waals surface area contributed by atoms with Crippen molar-refractivity contribution in [2.45, 2.75) is 50.1 Å². The minimum Gasteiger partial charge on any atom is -0.480 e. The number of nitrogens with one attached hydrogen (secondary N) is 4. The summed E-state index contributed by atoms with van der Waals surface area (Å²) in [6, 6.07) is 2.60. The van der Waals surface area contributed by atoms with Gasteiger partial charge < -0.3 is 26.4 Å². The van der Waals surface area contributed by atoms with Crippen LogP contribution in [0.1, 0.15) is 32.3 Å². The number of amides is 1. The molecule has 2 aliphatic rings. The number of benzene rings is 1. The van der Waals surface area contributed by atoms with Gasteiger partial charge in [-0.3, -0.25) is 10.2 Å². The van der Waals surface area contributed by atoms with Crippen molar-refractivity contribution in [3.8, 4) is 0 Å². The second-order valence-corrected chi connectivity index (χ2v) is 10.6. The van der Waals surface area contributed by atoms with Crippen LogP contribution in [0.4, 0.5) is 5.69 Å². The minimum atomic E-state index is -4.16. The Balaban J connectivity index is 1.90. The molecule has 2 aliphatic heterocycles. The number of nitrogens with two attached hydrogens (primary N) is 1. The average Bonchev–Trinajstić information content (AvgIpc) is 2.75. The molecule has 1 aromatic rings. The van der Waals surface area contributed by atoms with Gasteiger partial charge in [0.2, 0.25) is 15.9 Å². The number of rotatable bonds is 7. The molecule has 11 nitrogen and oxygen atoms in total. The summed E-state index contributed by atoms with van der Waals surface area (Å²) in [4.78, 5) is 26.4. The van der Waals surface area contributed by atoms with Crippen molar-refractivity contribution in [1.29, 1.82) is 5.41 Å². The Morgan fingerprint density at radius 1 is 1.33 bits per heavy atom. The van der Waals surface area contributed by atoms with Gasteiger partial charge in [0.1, 0.15) is 17.0 Å². The predicted molar refractivity (Wildman–Crippen MR) is 123 cm³/mol. The van der Waals surface area contributed by atoms with E-state index in [1.54, 1.807) is 6.07 Å². The Morgan fingerprint density at radius 2 is 2.06 bits per heavy atom. The van der Waals surface area contributed by atoms with Crippen molar-refractivity contribution >= 4 is 33.5 Å². The van der Waals surface area contributed by atoms with Crippen LogP contribution in [-0.4, -0.2) is 68.0 Å². The highest BCUT2D eigenvalue weighted by Crippen LogP contribution is 2.31. The van der Waals surface area contributed by atoms with Crippen LogP contribution in [0, 0.1) is 17.2 Å². The smallest absolute Gasteiger partial charge is 0.326 e. The zero-order chi connectivity index (χ0) is 24.3. The van der Waals surface area contributed by atoms with Crippen molar-refractivity contribution in [2.24, 2.45) is 17.6 Å². The second-order valence-electron chi connectivity index (χ2n) is 8.96. The number of carbonyl (C=O) groups is 2. The Morgan fingerprint density at radius 3 is 2.73 bits per heavy atom. The quantitative estimate of drug-likeness (QED) is 0.235. The maximum absolute atomic E-state index is 13.3. The molecule has 1 saturated heterocycles. The second kappa shape index (κ2) is 9.96. The molecule has 0 saturated carbocycles. The molecule has 12 heteroatoms. The summed E-state index contributed by atoms with van der Waals surface area (Å²) in [7, 11) is -4.16. The van der Waals surface area contributed by atoms with E-state index >= 15 is 0 Å². The van der Waals surface area contributed by atoms with Gasteiger partial charge in [0.25, 0.3) is 0 Å². The van der Waals surface area contributed by atoms with Gasteiger partial charge in [-0.2, -0.15) is 4.72 Å². The van der Waals surface area contributed by atoms with Gasteiger partial charge in [-0.25, -0.2) is 13.2 Å². The number of nitrogens with zero attached hydrogens (tertiary/aromatic N) is 1. The van der Waals surface area contributed by atoms with E-state index < -0.39 is 39.9 Å². The number of fused-ring (bicyclic) bond motifs is 1. The van der Waals surface area contributed by atoms with E-state index in [2.05, 4.69) is 22.3 Å². The fourth-order valence-electron chi connectivity index (χ4n) is 4.38. The van der Waals surface area contributed by atoms with E-state index in [9.17, 15) is 23.1 Å². The maximum Gasteiger partial charge on any atom is 0.326 e. The van der Waals surface area contributed by atoms with E-state index in [1.165, 1.54) is 11.0 Å². The van der Waals surface area contributed by atoms with Crippen LogP contribution >= 0.6 is 0 Å². The lowest BCUT2D eigenvalue weighted by Gasteiger charge is -2.38. The molecule has 0 spiro atoms. The Kier molecular flexibility index (Phi) is 7.48. The molecule has 1 amide bonds. The minimum absolute atomic E-state index is 0.0228. The van der Waals surface area contributed by atoms with Crippen LogP contribution in [0.15, 0.2) is 23.1 Å². The summed E-state index contributed by atoms with van der Waals surface area (Å²) >= 11 is 0. The topological polar surface area (TPSA) is 178 Å². The number of aliphatic carboxylic acids is 1. The first-order chi connectivity index (χ1) is 15.5. The number of anilines is 1. The van der Waals surface area contributed by atoms with Gasteiger partial charge in [0, 0.05) is 19.6 Å². The van der Waals surface area contributed by atoms with E-state index in [0.29, 0.717) is 24.6 Å². The van der Waals surface area contributed by atoms with Crippen molar-refractivity contribution in [1.82, 2.24) is 14.9 Å². The number of para-hydroxylation sites is 1. The third kappa shape index (κ3) is 5.74. The Bertz CT molecular complexity index is 1030. The number of sulfonamides is 1. The molecule has 7 N–H and O–H groups in total. The zero-order valence-corrected chi connectivity index (χ0v) is 19.6. The predicted octanol–water partition coefficient (Wildman–Crippen LogP) is 0.132. The third-order valence-electron chi connectivity index (χ3n) is 6.12. The lowest BCUT2D eigenvalue weighted by atomic mass is 9.92. The summed E-state index contributed by atoms with van der Waals surface area (Å²) in [6.45, 7) is 4.53. The number of guanidine groups is 1. The summed E-state index contributed by atoms with van der Waals surface area (Å²) in [5.41, 5.74) is 6.73. The Labute approximate surface area is 193 Å². The molecule has 0 bridgehead atoms. The number of piperidine rings is 1. The SMILES string of the molecule is CC1CNc2c(cccc2S(=O)(=O)NC(CNC(=N)N)C(=O)N2CCC(C)CC2C(=O)O)C1. The largest absolute Gasteiger partial charge is 0.480 e. The molecule has 182 valence electrons. The summed E-state index contributed by atoms with van der Waals surface area (Å²) in [6.07, 6.45) is 1.63. The molecule has 2 heterocycles. The van der Waals surface area contributed by atoms with Gasteiger partial charge >= 0.3 is 5.97 Å². The summed E-state index contributed by atoms with van der Waals surface area (Å²) in [5, 5.41) is 22.7.